The van der Waals surface area contributed by atoms with E-state index in [9.17, 15) is 17.6 Å². The molecule has 13 heavy (non-hydrogen) atoms. The zero-order valence-corrected chi connectivity index (χ0v) is 7.49. The van der Waals surface area contributed by atoms with Gasteiger partial charge in [0.2, 0.25) is 5.95 Å². The fraction of sp³-hybridized carbons (Fsp3) is 0.167. The molecule has 1 heterocycles. The molecule has 0 saturated heterocycles. The second-order valence-corrected chi connectivity index (χ2v) is 2.84. The standard InChI is InChI=1S/C6H2BrF4NO/c7-3-1-5(8)12-2-4(3)13-6(9,10)11/h1-2H. The van der Waals surface area contributed by atoms with Crippen molar-refractivity contribution >= 4 is 15.9 Å². The van der Waals surface area contributed by atoms with Crippen LogP contribution in [-0.2, 0) is 0 Å². The summed E-state index contributed by atoms with van der Waals surface area (Å²) in [5, 5.41) is 0. The highest BCUT2D eigenvalue weighted by molar-refractivity contribution is 9.10. The Kier molecular flexibility index (Phi) is 2.74. The highest BCUT2D eigenvalue weighted by Gasteiger charge is 2.32. The van der Waals surface area contributed by atoms with Crippen molar-refractivity contribution in [2.24, 2.45) is 0 Å². The molecular weight excluding hydrogens is 258 g/mol. The zero-order chi connectivity index (χ0) is 10.1. The van der Waals surface area contributed by atoms with Crippen LogP contribution in [0.4, 0.5) is 17.6 Å². The van der Waals surface area contributed by atoms with Crippen LogP contribution in [0.25, 0.3) is 0 Å². The van der Waals surface area contributed by atoms with Gasteiger partial charge in [-0.3, -0.25) is 0 Å². The van der Waals surface area contributed by atoms with E-state index < -0.39 is 18.1 Å². The molecule has 0 spiro atoms. The van der Waals surface area contributed by atoms with Gasteiger partial charge in [0, 0.05) is 6.07 Å². The second-order valence-electron chi connectivity index (χ2n) is 1.99. The molecule has 0 aromatic carbocycles. The molecule has 1 aromatic heterocycles. The lowest BCUT2D eigenvalue weighted by molar-refractivity contribution is -0.275. The lowest BCUT2D eigenvalue weighted by Gasteiger charge is -2.09. The topological polar surface area (TPSA) is 22.1 Å². The minimum absolute atomic E-state index is 0.141. The van der Waals surface area contributed by atoms with Crippen molar-refractivity contribution in [1.29, 1.82) is 0 Å². The summed E-state index contributed by atoms with van der Waals surface area (Å²) in [5.41, 5.74) is 0. The molecule has 0 amide bonds. The van der Waals surface area contributed by atoms with Crippen LogP contribution in [-0.4, -0.2) is 11.3 Å². The first kappa shape index (κ1) is 10.2. The van der Waals surface area contributed by atoms with Gasteiger partial charge in [0.1, 0.15) is 0 Å². The molecule has 0 aliphatic rings. The summed E-state index contributed by atoms with van der Waals surface area (Å²) in [6, 6.07) is 0.779. The Labute approximate surface area is 78.7 Å². The van der Waals surface area contributed by atoms with Crippen LogP contribution >= 0.6 is 15.9 Å². The summed E-state index contributed by atoms with van der Waals surface area (Å²) < 4.78 is 50.6. The average molecular weight is 260 g/mol. The van der Waals surface area contributed by atoms with Crippen LogP contribution in [0.3, 0.4) is 0 Å². The second kappa shape index (κ2) is 3.49. The number of aromatic nitrogens is 1. The van der Waals surface area contributed by atoms with Gasteiger partial charge in [-0.05, 0) is 15.9 Å². The normalized spacial score (nSPS) is 11.5. The fourth-order valence-electron chi connectivity index (χ4n) is 0.595. The molecule has 0 atom stereocenters. The van der Waals surface area contributed by atoms with E-state index >= 15 is 0 Å². The van der Waals surface area contributed by atoms with Crippen LogP contribution in [0.2, 0.25) is 0 Å². The number of hydrogen-bond donors (Lipinski definition) is 0. The maximum Gasteiger partial charge on any atom is 0.573 e. The summed E-state index contributed by atoms with van der Waals surface area (Å²) in [7, 11) is 0. The minimum atomic E-state index is -4.80. The fourth-order valence-corrected chi connectivity index (χ4v) is 0.967. The monoisotopic (exact) mass is 259 g/mol. The Balaban J connectivity index is 2.90. The first-order chi connectivity index (χ1) is 5.88. The van der Waals surface area contributed by atoms with Gasteiger partial charge >= 0.3 is 6.36 Å². The predicted octanol–water partition coefficient (Wildman–Crippen LogP) is 2.88. The first-order valence-corrected chi connectivity index (χ1v) is 3.74. The lowest BCUT2D eigenvalue weighted by atomic mass is 10.4. The average Bonchev–Trinajstić information content (AvgIpc) is 1.93. The van der Waals surface area contributed by atoms with Crippen molar-refractivity contribution in [2.45, 2.75) is 6.36 Å². The van der Waals surface area contributed by atoms with Gasteiger partial charge in [0.15, 0.2) is 5.75 Å². The van der Waals surface area contributed by atoms with Crippen LogP contribution < -0.4 is 4.74 Å². The summed E-state index contributed by atoms with van der Waals surface area (Å²) in [5.74, 6) is -1.46. The van der Waals surface area contributed by atoms with Crippen molar-refractivity contribution in [3.8, 4) is 5.75 Å². The van der Waals surface area contributed by atoms with Crippen molar-refractivity contribution in [3.05, 3.63) is 22.7 Å². The molecule has 72 valence electrons. The summed E-state index contributed by atoms with van der Waals surface area (Å²) in [6.07, 6.45) is -4.16. The van der Waals surface area contributed by atoms with E-state index in [2.05, 4.69) is 25.7 Å². The van der Waals surface area contributed by atoms with Gasteiger partial charge in [0.05, 0.1) is 10.7 Å². The molecule has 0 N–H and O–H groups in total. The third-order valence-electron chi connectivity index (χ3n) is 1.01. The molecule has 0 aliphatic heterocycles. The van der Waals surface area contributed by atoms with Crippen LogP contribution in [0.1, 0.15) is 0 Å². The number of ether oxygens (including phenoxy) is 1. The molecule has 1 aromatic rings. The van der Waals surface area contributed by atoms with E-state index in [0.717, 1.165) is 6.07 Å². The van der Waals surface area contributed by atoms with Crippen molar-refractivity contribution in [1.82, 2.24) is 4.98 Å². The number of halogens is 5. The Morgan fingerprint density at radius 3 is 2.46 bits per heavy atom. The van der Waals surface area contributed by atoms with Gasteiger partial charge in [-0.2, -0.15) is 4.39 Å². The number of nitrogens with zero attached hydrogens (tertiary/aromatic N) is 1. The molecule has 7 heteroatoms. The number of alkyl halides is 3. The molecule has 0 fully saturated rings. The molecular formula is C6H2BrF4NO. The highest BCUT2D eigenvalue weighted by atomic mass is 79.9. The molecule has 0 saturated carbocycles. The van der Waals surface area contributed by atoms with E-state index in [0.29, 0.717) is 6.20 Å². The number of rotatable bonds is 1. The molecule has 0 aliphatic carbocycles. The third kappa shape index (κ3) is 3.17. The maximum atomic E-state index is 12.3. The zero-order valence-electron chi connectivity index (χ0n) is 5.90. The Bertz CT molecular complexity index is 314. The third-order valence-corrected chi connectivity index (χ3v) is 1.63. The van der Waals surface area contributed by atoms with E-state index in [4.69, 9.17) is 0 Å². The van der Waals surface area contributed by atoms with E-state index in [1.165, 1.54) is 0 Å². The molecule has 0 unspecified atom stereocenters. The molecule has 0 bridgehead atoms. The summed E-state index contributed by atoms with van der Waals surface area (Å²) >= 11 is 2.69. The minimum Gasteiger partial charge on any atom is -0.403 e. The van der Waals surface area contributed by atoms with Gasteiger partial charge in [-0.1, -0.05) is 0 Å². The van der Waals surface area contributed by atoms with Gasteiger partial charge in [-0.25, -0.2) is 4.98 Å². The number of hydrogen-bond acceptors (Lipinski definition) is 2. The lowest BCUT2D eigenvalue weighted by Crippen LogP contribution is -2.17. The van der Waals surface area contributed by atoms with Crippen molar-refractivity contribution in [2.75, 3.05) is 0 Å². The van der Waals surface area contributed by atoms with Gasteiger partial charge in [0.25, 0.3) is 0 Å². The largest absolute Gasteiger partial charge is 0.573 e. The van der Waals surface area contributed by atoms with Gasteiger partial charge < -0.3 is 4.74 Å². The highest BCUT2D eigenvalue weighted by Crippen LogP contribution is 2.29. The van der Waals surface area contributed by atoms with Crippen LogP contribution in [0.5, 0.6) is 5.75 Å². The maximum absolute atomic E-state index is 12.3. The smallest absolute Gasteiger partial charge is 0.403 e. The molecule has 2 nitrogen and oxygen atoms in total. The molecule has 1 rings (SSSR count). The van der Waals surface area contributed by atoms with E-state index in [1.807, 2.05) is 0 Å². The predicted molar refractivity (Wildman–Crippen MR) is 38.6 cm³/mol. The SMILES string of the molecule is Fc1cc(Br)c(OC(F)(F)F)cn1. The summed E-state index contributed by atoms with van der Waals surface area (Å²) in [4.78, 5) is 3.00. The molecule has 0 radical (unpaired) electrons. The summed E-state index contributed by atoms with van der Waals surface area (Å²) in [6.45, 7) is 0. The number of pyridine rings is 1. The quantitative estimate of drug-likeness (QED) is 0.572. The Morgan fingerprint density at radius 2 is 2.00 bits per heavy atom. The van der Waals surface area contributed by atoms with Gasteiger partial charge in [-0.15, -0.1) is 13.2 Å². The Morgan fingerprint density at radius 1 is 1.38 bits per heavy atom. The Hall–Kier alpha value is -0.850. The van der Waals surface area contributed by atoms with Crippen molar-refractivity contribution < 1.29 is 22.3 Å². The van der Waals surface area contributed by atoms with Crippen LogP contribution in [0.15, 0.2) is 16.7 Å². The van der Waals surface area contributed by atoms with Crippen LogP contribution in [0, 0.1) is 5.95 Å². The van der Waals surface area contributed by atoms with E-state index in [-0.39, 0.29) is 4.47 Å². The van der Waals surface area contributed by atoms with Crippen molar-refractivity contribution in [3.63, 3.8) is 0 Å². The van der Waals surface area contributed by atoms with E-state index in [1.54, 1.807) is 0 Å². The first-order valence-electron chi connectivity index (χ1n) is 2.95.